The number of rotatable bonds is 4. The molecule has 1 fully saturated rings. The van der Waals surface area contributed by atoms with Crippen LogP contribution in [0.15, 0.2) is 5.11 Å². The van der Waals surface area contributed by atoms with E-state index in [1.165, 1.54) is 0 Å². The lowest BCUT2D eigenvalue weighted by molar-refractivity contribution is -0.143. The molecule has 0 unspecified atom stereocenters. The van der Waals surface area contributed by atoms with Crippen LogP contribution in [-0.2, 0) is 9.53 Å². The number of azide groups is 1. The summed E-state index contributed by atoms with van der Waals surface area (Å²) < 4.78 is 4.92. The summed E-state index contributed by atoms with van der Waals surface area (Å²) >= 11 is 3.29. The summed E-state index contributed by atoms with van der Waals surface area (Å²) in [6.07, 6.45) is 0.307. The lowest BCUT2D eigenvalue weighted by Crippen LogP contribution is -2.37. The van der Waals surface area contributed by atoms with E-state index in [9.17, 15) is 4.79 Å². The van der Waals surface area contributed by atoms with Crippen molar-refractivity contribution in [2.45, 2.75) is 30.4 Å². The van der Waals surface area contributed by atoms with E-state index in [4.69, 9.17) is 10.3 Å². The van der Waals surface area contributed by atoms with Gasteiger partial charge < -0.3 is 4.74 Å². The van der Waals surface area contributed by atoms with E-state index in [-0.39, 0.29) is 11.2 Å². The van der Waals surface area contributed by atoms with Crippen LogP contribution in [0, 0.1) is 0 Å². The summed E-state index contributed by atoms with van der Waals surface area (Å²) in [7, 11) is 0. The lowest BCUT2D eigenvalue weighted by atomic mass is 10.2. The molecule has 0 aromatic rings. The Hall–Kier alpha value is -0.520. The number of nitrogens with zero attached hydrogens (tertiary/aromatic N) is 3. The van der Waals surface area contributed by atoms with Gasteiger partial charge in [0.1, 0.15) is 4.87 Å². The quantitative estimate of drug-likeness (QED) is 0.337. The van der Waals surface area contributed by atoms with Crippen molar-refractivity contribution < 1.29 is 9.53 Å². The molecule has 0 spiro atoms. The van der Waals surface area contributed by atoms with Crippen molar-refractivity contribution in [3.05, 3.63) is 10.4 Å². The van der Waals surface area contributed by atoms with Crippen LogP contribution in [0.1, 0.15) is 20.3 Å². The van der Waals surface area contributed by atoms with Gasteiger partial charge in [-0.2, -0.15) is 11.8 Å². The molecule has 1 aliphatic rings. The van der Waals surface area contributed by atoms with Crippen LogP contribution in [-0.4, -0.2) is 34.2 Å². The predicted octanol–water partition coefficient (Wildman–Crippen LogP) is 2.81. The second-order valence-electron chi connectivity index (χ2n) is 3.46. The first-order valence-electron chi connectivity index (χ1n) is 5.10. The molecule has 1 aliphatic heterocycles. The molecule has 0 saturated carbocycles. The van der Waals surface area contributed by atoms with E-state index >= 15 is 0 Å². The van der Waals surface area contributed by atoms with Gasteiger partial charge in [0.2, 0.25) is 0 Å². The molecule has 16 heavy (non-hydrogen) atoms. The van der Waals surface area contributed by atoms with Crippen LogP contribution in [0.3, 0.4) is 0 Å². The maximum Gasteiger partial charge on any atom is 0.306 e. The molecule has 90 valence electrons. The lowest BCUT2D eigenvalue weighted by Gasteiger charge is -2.35. The second kappa shape index (κ2) is 6.27. The number of thioether (sulfide) groups is 2. The van der Waals surface area contributed by atoms with E-state index in [2.05, 4.69) is 10.0 Å². The number of ether oxygens (including phenoxy) is 1. The summed E-state index contributed by atoms with van der Waals surface area (Å²) in [6.45, 7) is 4.06. The van der Waals surface area contributed by atoms with Gasteiger partial charge in [0.25, 0.3) is 0 Å². The van der Waals surface area contributed by atoms with Crippen molar-refractivity contribution in [1.82, 2.24) is 0 Å². The molecular weight excluding hydrogens is 246 g/mol. The molecule has 0 N–H and O–H groups in total. The van der Waals surface area contributed by atoms with Gasteiger partial charge in [-0.1, -0.05) is 5.11 Å². The Morgan fingerprint density at radius 1 is 1.69 bits per heavy atom. The van der Waals surface area contributed by atoms with E-state index in [0.29, 0.717) is 13.0 Å². The highest BCUT2D eigenvalue weighted by Crippen LogP contribution is 2.43. The van der Waals surface area contributed by atoms with Gasteiger partial charge in [-0.05, 0) is 19.4 Å². The Labute approximate surface area is 103 Å². The molecule has 1 heterocycles. The first kappa shape index (κ1) is 13.5. The third-order valence-electron chi connectivity index (χ3n) is 2.29. The van der Waals surface area contributed by atoms with Gasteiger partial charge in [0, 0.05) is 21.7 Å². The summed E-state index contributed by atoms with van der Waals surface area (Å²) in [5.74, 6) is 1.70. The fourth-order valence-corrected chi connectivity index (χ4v) is 4.29. The van der Waals surface area contributed by atoms with Crippen LogP contribution in [0.5, 0.6) is 0 Å². The molecule has 5 nitrogen and oxygen atoms in total. The minimum atomic E-state index is -0.537. The highest BCUT2D eigenvalue weighted by atomic mass is 32.2. The summed E-state index contributed by atoms with van der Waals surface area (Å²) in [5, 5.41) is 3.83. The number of hydrogen-bond donors (Lipinski definition) is 0. The molecule has 1 saturated heterocycles. The molecule has 2 atom stereocenters. The van der Waals surface area contributed by atoms with Crippen LogP contribution < -0.4 is 0 Å². The standard InChI is InChI=1S/C9H15N3O2S2/c1-3-14-8(13)6-7-9(2,11-12-10)16-5-4-15-7/h7H,3-6H2,1-2H3/t7-,9+/m1/s1. The van der Waals surface area contributed by atoms with E-state index < -0.39 is 4.87 Å². The average Bonchev–Trinajstić information content (AvgIpc) is 2.22. The molecule has 0 radical (unpaired) electrons. The maximum absolute atomic E-state index is 11.4. The van der Waals surface area contributed by atoms with Crippen LogP contribution in [0.25, 0.3) is 10.4 Å². The first-order valence-corrected chi connectivity index (χ1v) is 7.13. The highest BCUT2D eigenvalue weighted by molar-refractivity contribution is 8.07. The van der Waals surface area contributed by atoms with Crippen molar-refractivity contribution >= 4 is 29.5 Å². The summed E-state index contributed by atoms with van der Waals surface area (Å²) in [5.41, 5.74) is 8.56. The fraction of sp³-hybridized carbons (Fsp3) is 0.889. The predicted molar refractivity (Wildman–Crippen MR) is 67.5 cm³/mol. The Morgan fingerprint density at radius 2 is 2.44 bits per heavy atom. The van der Waals surface area contributed by atoms with E-state index in [1.807, 2.05) is 6.92 Å². The van der Waals surface area contributed by atoms with Crippen molar-refractivity contribution in [2.24, 2.45) is 5.11 Å². The third kappa shape index (κ3) is 3.50. The largest absolute Gasteiger partial charge is 0.466 e. The van der Waals surface area contributed by atoms with Gasteiger partial charge in [-0.3, -0.25) is 4.79 Å². The number of hydrogen-bond acceptors (Lipinski definition) is 5. The molecule has 0 amide bonds. The molecule has 0 bridgehead atoms. The number of carbonyl (C=O) groups is 1. The third-order valence-corrected chi connectivity index (χ3v) is 5.53. The van der Waals surface area contributed by atoms with E-state index in [0.717, 1.165) is 11.5 Å². The molecule has 0 aliphatic carbocycles. The minimum absolute atomic E-state index is 0.00111. The monoisotopic (exact) mass is 261 g/mol. The number of carbonyl (C=O) groups excluding carboxylic acids is 1. The molecule has 1 rings (SSSR count). The van der Waals surface area contributed by atoms with Crippen LogP contribution in [0.4, 0.5) is 0 Å². The zero-order chi connectivity index (χ0) is 12.0. The van der Waals surface area contributed by atoms with Gasteiger partial charge in [0.15, 0.2) is 0 Å². The first-order chi connectivity index (χ1) is 7.62. The van der Waals surface area contributed by atoms with Gasteiger partial charge >= 0.3 is 5.97 Å². The highest BCUT2D eigenvalue weighted by Gasteiger charge is 2.38. The summed E-state index contributed by atoms with van der Waals surface area (Å²) in [4.78, 5) is 13.8. The second-order valence-corrected chi connectivity index (χ2v) is 6.30. The topological polar surface area (TPSA) is 75.1 Å². The minimum Gasteiger partial charge on any atom is -0.466 e. The number of esters is 1. The Kier molecular flexibility index (Phi) is 5.31. The Bertz CT molecular complexity index is 307. The van der Waals surface area contributed by atoms with Crippen LogP contribution >= 0.6 is 23.5 Å². The van der Waals surface area contributed by atoms with Crippen molar-refractivity contribution in [1.29, 1.82) is 0 Å². The van der Waals surface area contributed by atoms with Gasteiger partial charge in [-0.15, -0.1) is 11.8 Å². The zero-order valence-electron chi connectivity index (χ0n) is 9.38. The van der Waals surface area contributed by atoms with Gasteiger partial charge in [-0.25, -0.2) is 0 Å². The Balaban J connectivity index is 2.67. The average molecular weight is 261 g/mol. The maximum atomic E-state index is 11.4. The molecule has 7 heteroatoms. The van der Waals surface area contributed by atoms with Crippen molar-refractivity contribution in [3.8, 4) is 0 Å². The molecular formula is C9H15N3O2S2. The van der Waals surface area contributed by atoms with Crippen LogP contribution in [0.2, 0.25) is 0 Å². The van der Waals surface area contributed by atoms with Gasteiger partial charge in [0.05, 0.1) is 13.0 Å². The van der Waals surface area contributed by atoms with Crippen molar-refractivity contribution in [3.63, 3.8) is 0 Å². The smallest absolute Gasteiger partial charge is 0.306 e. The molecule has 0 aromatic carbocycles. The normalized spacial score (nSPS) is 29.2. The fourth-order valence-electron chi connectivity index (χ4n) is 1.49. The Morgan fingerprint density at radius 3 is 3.06 bits per heavy atom. The zero-order valence-corrected chi connectivity index (χ0v) is 11.0. The SMILES string of the molecule is CCOC(=O)C[C@H]1SCCS[C@]1(C)N=[N+]=[N-]. The molecule has 0 aromatic heterocycles. The summed E-state index contributed by atoms with van der Waals surface area (Å²) in [6, 6.07) is 0. The van der Waals surface area contributed by atoms with E-state index in [1.54, 1.807) is 30.4 Å². The van der Waals surface area contributed by atoms with Crippen molar-refractivity contribution in [2.75, 3.05) is 18.1 Å².